The number of carboxylic acid groups (broad SMARTS) is 1. The second-order valence-corrected chi connectivity index (χ2v) is 7.66. The standard InChI is InChI=1S/C21H18FN3O3/c1-24-8-12-3-2-11(6-13(12)9-24)18-17(22)7-15-19(26)16(21(27)28)10-25(14-4-5-14)20(15)23-18/h2-3,6-7,10,14H,4-5,8-9H2,1H3,(H,27,28). The number of benzene rings is 1. The Balaban J connectivity index is 1.74. The quantitative estimate of drug-likeness (QED) is 0.757. The van der Waals surface area contributed by atoms with Crippen LogP contribution in [0.5, 0.6) is 0 Å². The Hall–Kier alpha value is -3.06. The van der Waals surface area contributed by atoms with Gasteiger partial charge in [-0.1, -0.05) is 12.1 Å². The molecule has 1 aliphatic heterocycles. The molecule has 2 aliphatic rings. The lowest BCUT2D eigenvalue weighted by molar-refractivity contribution is 0.0695. The molecule has 0 unspecified atom stereocenters. The number of carboxylic acids is 1. The first-order valence-corrected chi connectivity index (χ1v) is 9.22. The van der Waals surface area contributed by atoms with Crippen LogP contribution in [0, 0.1) is 5.82 Å². The number of carbonyl (C=O) groups is 1. The number of aromatic nitrogens is 2. The third kappa shape index (κ3) is 2.62. The Morgan fingerprint density at radius 3 is 2.68 bits per heavy atom. The van der Waals surface area contributed by atoms with Crippen LogP contribution in [0.3, 0.4) is 0 Å². The number of hydrogen-bond donors (Lipinski definition) is 1. The predicted octanol–water partition coefficient (Wildman–Crippen LogP) is 3.18. The van der Waals surface area contributed by atoms with E-state index in [2.05, 4.69) is 9.88 Å². The van der Waals surface area contributed by atoms with Crippen molar-refractivity contribution in [1.29, 1.82) is 0 Å². The number of hydrogen-bond acceptors (Lipinski definition) is 4. The molecular weight excluding hydrogens is 361 g/mol. The van der Waals surface area contributed by atoms with Crippen LogP contribution in [0.15, 0.2) is 35.3 Å². The highest BCUT2D eigenvalue weighted by Crippen LogP contribution is 2.37. The maximum atomic E-state index is 14.9. The third-order valence-electron chi connectivity index (χ3n) is 5.49. The van der Waals surface area contributed by atoms with Gasteiger partial charge in [-0.05, 0) is 43.1 Å². The van der Waals surface area contributed by atoms with Gasteiger partial charge >= 0.3 is 5.97 Å². The van der Waals surface area contributed by atoms with Gasteiger partial charge in [0.2, 0.25) is 5.43 Å². The average Bonchev–Trinajstić information content (AvgIpc) is 3.42. The topological polar surface area (TPSA) is 75.4 Å². The largest absolute Gasteiger partial charge is 0.477 e. The number of aromatic carboxylic acids is 1. The van der Waals surface area contributed by atoms with Crippen molar-refractivity contribution >= 4 is 17.0 Å². The van der Waals surface area contributed by atoms with E-state index in [1.54, 1.807) is 4.57 Å². The molecule has 142 valence electrons. The second kappa shape index (κ2) is 5.97. The third-order valence-corrected chi connectivity index (χ3v) is 5.49. The summed E-state index contributed by atoms with van der Waals surface area (Å²) in [6.07, 6.45) is 3.12. The normalized spacial score (nSPS) is 16.5. The van der Waals surface area contributed by atoms with E-state index < -0.39 is 17.2 Å². The van der Waals surface area contributed by atoms with Gasteiger partial charge in [0.25, 0.3) is 0 Å². The Morgan fingerprint density at radius 2 is 1.96 bits per heavy atom. The number of pyridine rings is 2. The molecule has 1 fully saturated rings. The smallest absolute Gasteiger partial charge is 0.341 e. The molecule has 1 aliphatic carbocycles. The minimum atomic E-state index is -1.31. The van der Waals surface area contributed by atoms with Crippen LogP contribution in [-0.2, 0) is 13.1 Å². The van der Waals surface area contributed by atoms with E-state index in [1.807, 2.05) is 25.2 Å². The van der Waals surface area contributed by atoms with Crippen LogP contribution in [0.25, 0.3) is 22.3 Å². The van der Waals surface area contributed by atoms with Gasteiger partial charge in [0.1, 0.15) is 22.7 Å². The zero-order valence-corrected chi connectivity index (χ0v) is 15.3. The SMILES string of the molecule is CN1Cc2ccc(-c3nc4c(cc3F)c(=O)c(C(=O)O)cn4C3CC3)cc2C1. The summed E-state index contributed by atoms with van der Waals surface area (Å²) in [5.74, 6) is -1.94. The van der Waals surface area contributed by atoms with Crippen LogP contribution in [0.2, 0.25) is 0 Å². The number of halogens is 1. The minimum absolute atomic E-state index is 0.00828. The summed E-state index contributed by atoms with van der Waals surface area (Å²) in [6, 6.07) is 7.01. The second-order valence-electron chi connectivity index (χ2n) is 7.66. The first kappa shape index (κ1) is 17.1. The molecule has 1 N–H and O–H groups in total. The van der Waals surface area contributed by atoms with Crippen molar-refractivity contribution in [3.63, 3.8) is 0 Å². The van der Waals surface area contributed by atoms with E-state index in [0.29, 0.717) is 11.2 Å². The zero-order chi connectivity index (χ0) is 19.6. The Morgan fingerprint density at radius 1 is 1.21 bits per heavy atom. The summed E-state index contributed by atoms with van der Waals surface area (Å²) < 4.78 is 16.6. The van der Waals surface area contributed by atoms with Crippen LogP contribution < -0.4 is 5.43 Å². The van der Waals surface area contributed by atoms with Crippen LogP contribution in [0.4, 0.5) is 4.39 Å². The molecule has 6 nitrogen and oxygen atoms in total. The maximum Gasteiger partial charge on any atom is 0.341 e. The number of nitrogens with zero attached hydrogens (tertiary/aromatic N) is 3. The van der Waals surface area contributed by atoms with Crippen molar-refractivity contribution in [3.8, 4) is 11.3 Å². The van der Waals surface area contributed by atoms with Crippen LogP contribution in [-0.4, -0.2) is 32.6 Å². The Labute approximate surface area is 159 Å². The summed E-state index contributed by atoms with van der Waals surface area (Å²) in [7, 11) is 2.03. The lowest BCUT2D eigenvalue weighted by Gasteiger charge is -2.13. The fraction of sp³-hybridized carbons (Fsp3) is 0.286. The molecule has 3 aromatic rings. The molecule has 1 saturated carbocycles. The summed E-state index contributed by atoms with van der Waals surface area (Å²) in [6.45, 7) is 1.66. The highest BCUT2D eigenvalue weighted by molar-refractivity contribution is 5.92. The van der Waals surface area contributed by atoms with E-state index in [4.69, 9.17) is 0 Å². The Bertz CT molecular complexity index is 1210. The van der Waals surface area contributed by atoms with Crippen molar-refractivity contribution in [2.45, 2.75) is 32.0 Å². The van der Waals surface area contributed by atoms with Crippen LogP contribution >= 0.6 is 0 Å². The van der Waals surface area contributed by atoms with Crippen molar-refractivity contribution in [2.75, 3.05) is 7.05 Å². The van der Waals surface area contributed by atoms with Gasteiger partial charge in [-0.25, -0.2) is 14.2 Å². The molecule has 0 amide bonds. The molecule has 0 atom stereocenters. The fourth-order valence-corrected chi connectivity index (χ4v) is 3.94. The molecule has 5 rings (SSSR count). The molecular formula is C21H18FN3O3. The molecule has 0 radical (unpaired) electrons. The minimum Gasteiger partial charge on any atom is -0.477 e. The van der Waals surface area contributed by atoms with Gasteiger partial charge in [0.15, 0.2) is 0 Å². The van der Waals surface area contributed by atoms with Crippen molar-refractivity contribution in [3.05, 3.63) is 63.2 Å². The van der Waals surface area contributed by atoms with Crippen molar-refractivity contribution in [1.82, 2.24) is 14.5 Å². The van der Waals surface area contributed by atoms with E-state index >= 15 is 0 Å². The molecule has 28 heavy (non-hydrogen) atoms. The summed E-state index contributed by atoms with van der Waals surface area (Å²) in [5, 5.41) is 9.34. The van der Waals surface area contributed by atoms with Crippen molar-refractivity contribution < 1.29 is 14.3 Å². The lowest BCUT2D eigenvalue weighted by atomic mass is 10.0. The van der Waals surface area contributed by atoms with Crippen molar-refractivity contribution in [2.24, 2.45) is 0 Å². The average molecular weight is 379 g/mol. The number of fused-ring (bicyclic) bond motifs is 2. The molecule has 1 aromatic carbocycles. The van der Waals surface area contributed by atoms with Crippen LogP contribution in [0.1, 0.15) is 40.4 Å². The van der Waals surface area contributed by atoms with Gasteiger partial charge in [0.05, 0.1) is 5.39 Å². The lowest BCUT2D eigenvalue weighted by Crippen LogP contribution is -2.19. The fourth-order valence-electron chi connectivity index (χ4n) is 3.94. The summed E-state index contributed by atoms with van der Waals surface area (Å²) >= 11 is 0. The summed E-state index contributed by atoms with van der Waals surface area (Å²) in [5.41, 5.74) is 2.48. The monoisotopic (exact) mass is 379 g/mol. The van der Waals surface area contributed by atoms with E-state index in [0.717, 1.165) is 37.6 Å². The predicted molar refractivity (Wildman–Crippen MR) is 102 cm³/mol. The van der Waals surface area contributed by atoms with Gasteiger partial charge in [-0.3, -0.25) is 9.69 Å². The van der Waals surface area contributed by atoms with E-state index in [-0.39, 0.29) is 22.7 Å². The first-order chi connectivity index (χ1) is 13.4. The molecule has 0 saturated heterocycles. The van der Waals surface area contributed by atoms with Gasteiger partial charge < -0.3 is 9.67 Å². The highest BCUT2D eigenvalue weighted by Gasteiger charge is 2.28. The maximum absolute atomic E-state index is 14.9. The first-order valence-electron chi connectivity index (χ1n) is 9.22. The van der Waals surface area contributed by atoms with Gasteiger partial charge in [-0.2, -0.15) is 0 Å². The van der Waals surface area contributed by atoms with Gasteiger partial charge in [-0.15, -0.1) is 0 Å². The Kier molecular flexibility index (Phi) is 3.64. The van der Waals surface area contributed by atoms with E-state index in [1.165, 1.54) is 11.8 Å². The molecule has 7 heteroatoms. The van der Waals surface area contributed by atoms with E-state index in [9.17, 15) is 19.1 Å². The van der Waals surface area contributed by atoms with Gasteiger partial charge in [0, 0.05) is 30.9 Å². The zero-order valence-electron chi connectivity index (χ0n) is 15.3. The molecule has 0 bridgehead atoms. The molecule has 2 aromatic heterocycles. The molecule has 3 heterocycles. The molecule has 0 spiro atoms. The highest BCUT2D eigenvalue weighted by atomic mass is 19.1. The number of rotatable bonds is 3. The summed E-state index contributed by atoms with van der Waals surface area (Å²) in [4.78, 5) is 30.7.